The minimum Gasteiger partial charge on any atom is -0.324 e. The van der Waals surface area contributed by atoms with Crippen molar-refractivity contribution in [2.24, 2.45) is 0 Å². The van der Waals surface area contributed by atoms with Crippen LogP contribution in [0.5, 0.6) is 0 Å². The number of amides is 1. The quantitative estimate of drug-likeness (QED) is 0.403. The maximum atomic E-state index is 13.6. The summed E-state index contributed by atoms with van der Waals surface area (Å²) in [6.45, 7) is 1.99. The van der Waals surface area contributed by atoms with Crippen LogP contribution >= 0.6 is 0 Å². The van der Waals surface area contributed by atoms with Gasteiger partial charge in [-0.15, -0.1) is 0 Å². The van der Waals surface area contributed by atoms with Gasteiger partial charge in [0, 0.05) is 38.2 Å². The summed E-state index contributed by atoms with van der Waals surface area (Å²) in [4.78, 5) is 28.9. The smallest absolute Gasteiger partial charge is 0.273 e. The monoisotopic (exact) mass is 463 g/mol. The molecular formula is C29H29N5O. The molecule has 0 fully saturated rings. The Kier molecular flexibility index (Phi) is 7.20. The van der Waals surface area contributed by atoms with Crippen molar-refractivity contribution in [1.82, 2.24) is 25.2 Å². The van der Waals surface area contributed by atoms with Gasteiger partial charge in [-0.25, -0.2) is 0 Å². The van der Waals surface area contributed by atoms with Crippen LogP contribution in [0, 0.1) is 0 Å². The van der Waals surface area contributed by atoms with Crippen LogP contribution in [0.4, 0.5) is 0 Å². The maximum Gasteiger partial charge on any atom is 0.273 e. The second-order valence-corrected chi connectivity index (χ2v) is 8.84. The van der Waals surface area contributed by atoms with E-state index in [1.54, 1.807) is 12.3 Å². The van der Waals surface area contributed by atoms with E-state index in [1.165, 1.54) is 11.1 Å². The van der Waals surface area contributed by atoms with E-state index in [0.717, 1.165) is 49.3 Å². The zero-order chi connectivity index (χ0) is 23.9. The zero-order valence-electron chi connectivity index (χ0n) is 19.7. The van der Waals surface area contributed by atoms with Crippen molar-refractivity contribution in [1.29, 1.82) is 0 Å². The van der Waals surface area contributed by atoms with E-state index in [-0.39, 0.29) is 11.9 Å². The third-order valence-corrected chi connectivity index (χ3v) is 6.42. The summed E-state index contributed by atoms with van der Waals surface area (Å²) in [7, 11) is 0. The molecule has 6 heteroatoms. The minimum atomic E-state index is -0.0610. The van der Waals surface area contributed by atoms with Crippen LogP contribution in [-0.2, 0) is 26.1 Å². The maximum absolute atomic E-state index is 13.6. The molecule has 0 aliphatic heterocycles. The van der Waals surface area contributed by atoms with Gasteiger partial charge in [0.2, 0.25) is 0 Å². The van der Waals surface area contributed by atoms with Gasteiger partial charge in [-0.1, -0.05) is 42.5 Å². The van der Waals surface area contributed by atoms with Crippen molar-refractivity contribution < 1.29 is 4.79 Å². The first kappa shape index (κ1) is 22.9. The zero-order valence-corrected chi connectivity index (χ0v) is 19.7. The fourth-order valence-corrected chi connectivity index (χ4v) is 4.65. The molecular weight excluding hydrogens is 434 g/mol. The number of benzene rings is 1. The van der Waals surface area contributed by atoms with Gasteiger partial charge >= 0.3 is 0 Å². The van der Waals surface area contributed by atoms with Crippen molar-refractivity contribution in [2.75, 3.05) is 0 Å². The second kappa shape index (κ2) is 11.0. The summed E-state index contributed by atoms with van der Waals surface area (Å²) in [6, 6.07) is 23.9. The van der Waals surface area contributed by atoms with Crippen LogP contribution in [-0.4, -0.2) is 25.8 Å². The van der Waals surface area contributed by atoms with E-state index in [0.29, 0.717) is 12.2 Å². The number of hydrogen-bond acceptors (Lipinski definition) is 5. The number of carbonyl (C=O) groups excluding carboxylic acids is 1. The molecule has 0 saturated carbocycles. The number of hydrogen-bond donors (Lipinski definition) is 1. The van der Waals surface area contributed by atoms with E-state index in [1.807, 2.05) is 53.7 Å². The first-order valence-electron chi connectivity index (χ1n) is 12.1. The fraction of sp³-hybridized carbons (Fsp3) is 0.241. The molecule has 1 amide bonds. The number of nitrogens with one attached hydrogen (secondary N) is 1. The van der Waals surface area contributed by atoms with E-state index < -0.39 is 0 Å². The molecule has 3 aromatic heterocycles. The molecule has 0 radical (unpaired) electrons. The molecule has 1 aliphatic rings. The lowest BCUT2D eigenvalue weighted by atomic mass is 9.90. The van der Waals surface area contributed by atoms with Crippen LogP contribution < -0.4 is 5.32 Å². The predicted molar refractivity (Wildman–Crippen MR) is 135 cm³/mol. The van der Waals surface area contributed by atoms with Gasteiger partial charge in [0.05, 0.1) is 17.4 Å². The molecule has 1 atom stereocenters. The molecule has 3 heterocycles. The molecule has 35 heavy (non-hydrogen) atoms. The fourth-order valence-electron chi connectivity index (χ4n) is 4.65. The minimum absolute atomic E-state index is 0.0600. The van der Waals surface area contributed by atoms with Gasteiger partial charge < -0.3 is 10.2 Å². The van der Waals surface area contributed by atoms with Crippen molar-refractivity contribution >= 4 is 5.91 Å². The van der Waals surface area contributed by atoms with Crippen LogP contribution in [0.25, 0.3) is 0 Å². The van der Waals surface area contributed by atoms with Crippen LogP contribution in [0.1, 0.15) is 57.5 Å². The van der Waals surface area contributed by atoms with E-state index in [4.69, 9.17) is 0 Å². The predicted octanol–water partition coefficient (Wildman–Crippen LogP) is 4.88. The molecule has 0 spiro atoms. The summed E-state index contributed by atoms with van der Waals surface area (Å²) < 4.78 is 0. The Morgan fingerprint density at radius 3 is 2.37 bits per heavy atom. The number of aromatic nitrogens is 3. The number of carbonyl (C=O) groups is 1. The summed E-state index contributed by atoms with van der Waals surface area (Å²) in [5, 5.41) is 3.44. The highest BCUT2D eigenvalue weighted by Crippen LogP contribution is 2.34. The lowest BCUT2D eigenvalue weighted by Gasteiger charge is -2.35. The largest absolute Gasteiger partial charge is 0.324 e. The van der Waals surface area contributed by atoms with Crippen LogP contribution in [0.2, 0.25) is 0 Å². The van der Waals surface area contributed by atoms with Crippen LogP contribution in [0.3, 0.4) is 0 Å². The number of pyridine rings is 3. The molecule has 176 valence electrons. The average Bonchev–Trinajstić information content (AvgIpc) is 2.93. The molecule has 1 N–H and O–H groups in total. The molecule has 1 unspecified atom stereocenters. The van der Waals surface area contributed by atoms with E-state index in [2.05, 4.69) is 50.6 Å². The highest BCUT2D eigenvalue weighted by atomic mass is 16.2. The summed E-state index contributed by atoms with van der Waals surface area (Å²) >= 11 is 0. The average molecular weight is 464 g/mol. The molecule has 4 aromatic rings. The summed E-state index contributed by atoms with van der Waals surface area (Å²) in [5.41, 5.74) is 6.01. The summed E-state index contributed by atoms with van der Waals surface area (Å²) in [5.74, 6) is -0.0600. The lowest BCUT2D eigenvalue weighted by Crippen LogP contribution is -2.37. The molecule has 0 bridgehead atoms. The van der Waals surface area contributed by atoms with Crippen molar-refractivity contribution in [3.63, 3.8) is 0 Å². The van der Waals surface area contributed by atoms with E-state index >= 15 is 0 Å². The molecule has 6 nitrogen and oxygen atoms in total. The SMILES string of the molecule is O=C(c1ccccn1)N(Cc1ccc(CNCc2ccccn2)cc1)C1CCCc2cccnc21. The molecule has 0 saturated heterocycles. The van der Waals surface area contributed by atoms with Gasteiger partial charge in [0.15, 0.2) is 0 Å². The molecule has 5 rings (SSSR count). The van der Waals surface area contributed by atoms with Gasteiger partial charge in [0.25, 0.3) is 5.91 Å². The van der Waals surface area contributed by atoms with Gasteiger partial charge in [-0.2, -0.15) is 0 Å². The Bertz CT molecular complexity index is 1250. The highest BCUT2D eigenvalue weighted by Gasteiger charge is 2.31. The van der Waals surface area contributed by atoms with Crippen LogP contribution in [0.15, 0.2) is 91.4 Å². The topological polar surface area (TPSA) is 71.0 Å². The second-order valence-electron chi connectivity index (χ2n) is 8.84. The van der Waals surface area contributed by atoms with Gasteiger partial charge in [-0.3, -0.25) is 19.7 Å². The first-order chi connectivity index (χ1) is 17.3. The van der Waals surface area contributed by atoms with Crippen molar-refractivity contribution in [3.8, 4) is 0 Å². The third kappa shape index (κ3) is 5.61. The van der Waals surface area contributed by atoms with E-state index in [9.17, 15) is 4.79 Å². The Morgan fingerprint density at radius 2 is 1.60 bits per heavy atom. The Labute approximate surface area is 206 Å². The normalized spacial score (nSPS) is 14.8. The number of nitrogens with zero attached hydrogens (tertiary/aromatic N) is 4. The first-order valence-corrected chi connectivity index (χ1v) is 12.1. The molecule has 1 aromatic carbocycles. The Balaban J connectivity index is 1.33. The Hall–Kier alpha value is -3.90. The third-order valence-electron chi connectivity index (χ3n) is 6.42. The standard InChI is InChI=1S/C29H29N5O/c35-29(26-10-2-4-17-32-26)34(27-11-5-7-24-8-6-18-33-28(24)27)21-23-14-12-22(13-15-23)19-30-20-25-9-1-3-16-31-25/h1-4,6,8-10,12-18,27,30H,5,7,11,19-21H2. The van der Waals surface area contributed by atoms with Crippen molar-refractivity contribution in [2.45, 2.75) is 44.9 Å². The summed E-state index contributed by atoms with van der Waals surface area (Å²) in [6.07, 6.45) is 8.25. The van der Waals surface area contributed by atoms with Gasteiger partial charge in [0.1, 0.15) is 5.69 Å². The highest BCUT2D eigenvalue weighted by molar-refractivity contribution is 5.92. The number of rotatable bonds is 8. The lowest BCUT2D eigenvalue weighted by molar-refractivity contribution is 0.0626. The molecule has 1 aliphatic carbocycles. The van der Waals surface area contributed by atoms with Crippen molar-refractivity contribution in [3.05, 3.63) is 125 Å². The number of fused-ring (bicyclic) bond motifs is 1. The van der Waals surface area contributed by atoms with Gasteiger partial charge in [-0.05, 0) is 66.3 Å². The Morgan fingerprint density at radius 1 is 0.829 bits per heavy atom. The number of aryl methyl sites for hydroxylation is 1.